The number of anilines is 1. The quantitative estimate of drug-likeness (QED) is 0.840. The molecule has 0 aromatic carbocycles. The van der Waals surface area contributed by atoms with Crippen LogP contribution < -0.4 is 10.1 Å². The summed E-state index contributed by atoms with van der Waals surface area (Å²) in [5.41, 5.74) is 1.44. The van der Waals surface area contributed by atoms with E-state index in [0.717, 1.165) is 10.3 Å². The molecule has 0 amide bonds. The van der Waals surface area contributed by atoms with Gasteiger partial charge in [0.05, 0.1) is 18.1 Å². The highest BCUT2D eigenvalue weighted by Crippen LogP contribution is 2.26. The molecule has 1 aliphatic rings. The molecule has 1 aliphatic heterocycles. The molecule has 0 bridgehead atoms. The van der Waals surface area contributed by atoms with Gasteiger partial charge in [-0.05, 0) is 34.1 Å². The maximum atomic E-state index is 9.94. The number of rotatable bonds is 3. The van der Waals surface area contributed by atoms with Gasteiger partial charge in [0.25, 0.3) is 0 Å². The zero-order valence-corrected chi connectivity index (χ0v) is 11.9. The average molecular weight is 335 g/mol. The number of pyridine rings is 2. The van der Waals surface area contributed by atoms with E-state index in [1.807, 2.05) is 0 Å². The minimum Gasteiger partial charge on any atom is -0.484 e. The SMILES string of the molecule is OC1N=C(COc2ccc(Br)nc2)Nc2cnccc21. The zero-order chi connectivity index (χ0) is 13.9. The Bertz CT molecular complexity index is 645. The van der Waals surface area contributed by atoms with Crippen LogP contribution in [0.15, 0.2) is 46.4 Å². The molecular weight excluding hydrogens is 324 g/mol. The van der Waals surface area contributed by atoms with Crippen LogP contribution in [-0.4, -0.2) is 27.5 Å². The first kappa shape index (κ1) is 13.0. The van der Waals surface area contributed by atoms with Crippen molar-refractivity contribution < 1.29 is 9.84 Å². The Morgan fingerprint density at radius 3 is 3.00 bits per heavy atom. The Balaban J connectivity index is 1.69. The van der Waals surface area contributed by atoms with E-state index in [4.69, 9.17) is 4.74 Å². The van der Waals surface area contributed by atoms with Crippen LogP contribution in [0.1, 0.15) is 11.8 Å². The Morgan fingerprint density at radius 1 is 1.30 bits per heavy atom. The van der Waals surface area contributed by atoms with Gasteiger partial charge >= 0.3 is 0 Å². The summed E-state index contributed by atoms with van der Waals surface area (Å²) in [4.78, 5) is 12.2. The Hall–Kier alpha value is -1.99. The van der Waals surface area contributed by atoms with Gasteiger partial charge < -0.3 is 15.2 Å². The third-order valence-electron chi connectivity index (χ3n) is 2.77. The number of aromatic nitrogens is 2. The number of aliphatic hydroxyl groups excluding tert-OH is 1. The Kier molecular flexibility index (Phi) is 3.62. The number of amidine groups is 1. The number of nitrogens with one attached hydrogen (secondary N) is 1. The van der Waals surface area contributed by atoms with Crippen LogP contribution in [0, 0.1) is 0 Å². The number of nitrogens with zero attached hydrogens (tertiary/aromatic N) is 3. The van der Waals surface area contributed by atoms with E-state index < -0.39 is 6.23 Å². The van der Waals surface area contributed by atoms with Crippen molar-refractivity contribution in [2.24, 2.45) is 4.99 Å². The van der Waals surface area contributed by atoms with Crippen molar-refractivity contribution in [2.75, 3.05) is 11.9 Å². The molecular formula is C13H11BrN4O2. The fourth-order valence-corrected chi connectivity index (χ4v) is 2.05. The van der Waals surface area contributed by atoms with E-state index in [1.165, 1.54) is 0 Å². The lowest BCUT2D eigenvalue weighted by Gasteiger charge is -2.21. The van der Waals surface area contributed by atoms with E-state index in [1.54, 1.807) is 36.8 Å². The lowest BCUT2D eigenvalue weighted by Crippen LogP contribution is -2.26. The monoisotopic (exact) mass is 334 g/mol. The third kappa shape index (κ3) is 2.78. The molecule has 0 spiro atoms. The molecule has 0 saturated heterocycles. The fourth-order valence-electron chi connectivity index (χ4n) is 1.81. The van der Waals surface area contributed by atoms with Gasteiger partial charge in [-0.2, -0.15) is 0 Å². The van der Waals surface area contributed by atoms with Crippen molar-refractivity contribution in [3.05, 3.63) is 47.0 Å². The molecule has 3 heterocycles. The molecule has 0 aliphatic carbocycles. The van der Waals surface area contributed by atoms with E-state index in [9.17, 15) is 5.11 Å². The van der Waals surface area contributed by atoms with Gasteiger partial charge in [-0.1, -0.05) is 0 Å². The molecule has 6 nitrogen and oxygen atoms in total. The van der Waals surface area contributed by atoms with Crippen LogP contribution in [0.25, 0.3) is 0 Å². The molecule has 20 heavy (non-hydrogen) atoms. The highest BCUT2D eigenvalue weighted by molar-refractivity contribution is 9.10. The van der Waals surface area contributed by atoms with E-state index in [2.05, 4.69) is 36.2 Å². The summed E-state index contributed by atoms with van der Waals surface area (Å²) in [5, 5.41) is 13.0. The summed E-state index contributed by atoms with van der Waals surface area (Å²) < 4.78 is 6.30. The number of aliphatic hydroxyl groups is 1. The van der Waals surface area contributed by atoms with Crippen molar-refractivity contribution >= 4 is 27.5 Å². The highest BCUT2D eigenvalue weighted by atomic mass is 79.9. The molecule has 3 rings (SSSR count). The minimum atomic E-state index is -0.893. The van der Waals surface area contributed by atoms with E-state index in [0.29, 0.717) is 17.1 Å². The van der Waals surface area contributed by atoms with Crippen LogP contribution >= 0.6 is 15.9 Å². The lowest BCUT2D eigenvalue weighted by molar-refractivity contribution is 0.187. The Labute approximate surface area is 123 Å². The molecule has 102 valence electrons. The topological polar surface area (TPSA) is 79.6 Å². The number of aliphatic imine (C=N–C) groups is 1. The molecule has 2 aromatic heterocycles. The molecule has 2 aromatic rings. The van der Waals surface area contributed by atoms with E-state index in [-0.39, 0.29) is 6.61 Å². The molecule has 0 saturated carbocycles. The molecule has 0 radical (unpaired) electrons. The van der Waals surface area contributed by atoms with Crippen LogP contribution in [0.3, 0.4) is 0 Å². The average Bonchev–Trinajstić information content (AvgIpc) is 2.47. The summed E-state index contributed by atoms with van der Waals surface area (Å²) in [6.45, 7) is 0.217. The standard InChI is InChI=1S/C13H11BrN4O2/c14-11-2-1-8(5-16-11)20-7-12-17-10-6-15-4-3-9(10)13(19)18-12/h1-6,13,19H,7H2,(H,17,18). The second-order valence-electron chi connectivity index (χ2n) is 4.14. The second-order valence-corrected chi connectivity index (χ2v) is 4.96. The maximum Gasteiger partial charge on any atom is 0.175 e. The molecule has 7 heteroatoms. The van der Waals surface area contributed by atoms with Gasteiger partial charge in [0, 0.05) is 11.8 Å². The van der Waals surface area contributed by atoms with Crippen LogP contribution in [0.5, 0.6) is 5.75 Å². The first-order valence-corrected chi connectivity index (χ1v) is 6.72. The number of fused-ring (bicyclic) bond motifs is 1. The summed E-state index contributed by atoms with van der Waals surface area (Å²) in [6, 6.07) is 5.32. The Morgan fingerprint density at radius 2 is 2.20 bits per heavy atom. The lowest BCUT2D eigenvalue weighted by atomic mass is 10.2. The molecule has 1 atom stereocenters. The number of ether oxygens (including phenoxy) is 1. The number of halogens is 1. The van der Waals surface area contributed by atoms with Crippen molar-refractivity contribution in [3.63, 3.8) is 0 Å². The van der Waals surface area contributed by atoms with Gasteiger partial charge in [0.2, 0.25) is 0 Å². The first-order chi connectivity index (χ1) is 9.72. The van der Waals surface area contributed by atoms with Gasteiger partial charge in [0.1, 0.15) is 22.8 Å². The number of hydrogen-bond donors (Lipinski definition) is 2. The second kappa shape index (κ2) is 5.56. The van der Waals surface area contributed by atoms with Gasteiger partial charge in [-0.3, -0.25) is 4.98 Å². The highest BCUT2D eigenvalue weighted by Gasteiger charge is 2.19. The third-order valence-corrected chi connectivity index (χ3v) is 3.23. The van der Waals surface area contributed by atoms with Crippen molar-refractivity contribution in [1.82, 2.24) is 9.97 Å². The summed E-state index contributed by atoms with van der Waals surface area (Å²) in [6.07, 6.45) is 3.98. The smallest absolute Gasteiger partial charge is 0.175 e. The van der Waals surface area contributed by atoms with Gasteiger partial charge in [-0.15, -0.1) is 0 Å². The molecule has 0 fully saturated rings. The summed E-state index contributed by atoms with van der Waals surface area (Å²) in [5.74, 6) is 1.17. The summed E-state index contributed by atoms with van der Waals surface area (Å²) >= 11 is 3.26. The first-order valence-electron chi connectivity index (χ1n) is 5.92. The van der Waals surface area contributed by atoms with Gasteiger partial charge in [0.15, 0.2) is 6.23 Å². The normalized spacial score (nSPS) is 16.9. The van der Waals surface area contributed by atoms with Crippen molar-refractivity contribution in [2.45, 2.75) is 6.23 Å². The minimum absolute atomic E-state index is 0.217. The summed E-state index contributed by atoms with van der Waals surface area (Å²) in [7, 11) is 0. The van der Waals surface area contributed by atoms with Gasteiger partial charge in [-0.25, -0.2) is 9.98 Å². The van der Waals surface area contributed by atoms with Crippen molar-refractivity contribution in [1.29, 1.82) is 0 Å². The molecule has 2 N–H and O–H groups in total. The number of hydrogen-bond acceptors (Lipinski definition) is 6. The van der Waals surface area contributed by atoms with Crippen LogP contribution in [-0.2, 0) is 0 Å². The maximum absolute atomic E-state index is 9.94. The fraction of sp³-hybridized carbons (Fsp3) is 0.154. The predicted molar refractivity (Wildman–Crippen MR) is 77.7 cm³/mol. The zero-order valence-electron chi connectivity index (χ0n) is 10.3. The van der Waals surface area contributed by atoms with Crippen LogP contribution in [0.2, 0.25) is 0 Å². The molecule has 1 unspecified atom stereocenters. The van der Waals surface area contributed by atoms with E-state index >= 15 is 0 Å². The largest absolute Gasteiger partial charge is 0.484 e. The van der Waals surface area contributed by atoms with Crippen molar-refractivity contribution in [3.8, 4) is 5.75 Å². The predicted octanol–water partition coefficient (Wildman–Crippen LogP) is 2.13. The van der Waals surface area contributed by atoms with Crippen LogP contribution in [0.4, 0.5) is 5.69 Å².